The van der Waals surface area contributed by atoms with Crippen LogP contribution in [0, 0.1) is 17.8 Å². The lowest BCUT2D eigenvalue weighted by Gasteiger charge is -2.43. The first-order valence-corrected chi connectivity index (χ1v) is 9.98. The second-order valence-electron chi connectivity index (χ2n) is 7.64. The number of ether oxygens (including phenoxy) is 2. The fourth-order valence-electron chi connectivity index (χ4n) is 4.44. The Hall–Kier alpha value is -1.14. The van der Waals surface area contributed by atoms with Crippen molar-refractivity contribution in [3.8, 4) is 0 Å². The van der Waals surface area contributed by atoms with Crippen LogP contribution in [0.3, 0.4) is 0 Å². The lowest BCUT2D eigenvalue weighted by atomic mass is 9.65. The molecule has 2 fully saturated rings. The van der Waals surface area contributed by atoms with E-state index in [1.54, 1.807) is 0 Å². The summed E-state index contributed by atoms with van der Waals surface area (Å²) in [6.45, 7) is 4.39. The van der Waals surface area contributed by atoms with Gasteiger partial charge in [0.05, 0.1) is 19.8 Å². The molecule has 5 nitrogen and oxygen atoms in total. The highest BCUT2D eigenvalue weighted by atomic mass is 35.5. The molecule has 0 radical (unpaired) electrons. The maximum atomic E-state index is 12.7. The summed E-state index contributed by atoms with van der Waals surface area (Å²) >= 11 is 0. The first-order chi connectivity index (χ1) is 12.7. The van der Waals surface area contributed by atoms with Gasteiger partial charge in [-0.1, -0.05) is 18.6 Å². The number of carbonyl (C=O) groups excluding carboxylic acids is 1. The minimum Gasteiger partial charge on any atom is -0.379 e. The summed E-state index contributed by atoms with van der Waals surface area (Å²) in [6, 6.07) is 8.21. The average molecular weight is 397 g/mol. The third-order valence-electron chi connectivity index (χ3n) is 5.82. The predicted molar refractivity (Wildman–Crippen MR) is 110 cm³/mol. The van der Waals surface area contributed by atoms with Gasteiger partial charge in [-0.05, 0) is 62.1 Å². The summed E-state index contributed by atoms with van der Waals surface area (Å²) < 4.78 is 10.9. The van der Waals surface area contributed by atoms with Crippen LogP contribution < -0.4 is 11.1 Å². The van der Waals surface area contributed by atoms with Crippen LogP contribution in [0.15, 0.2) is 24.3 Å². The number of hydrogen-bond donors (Lipinski definition) is 2. The van der Waals surface area contributed by atoms with Crippen LogP contribution in [0.1, 0.15) is 44.6 Å². The van der Waals surface area contributed by atoms with Gasteiger partial charge in [-0.2, -0.15) is 0 Å². The molecule has 1 aromatic rings. The van der Waals surface area contributed by atoms with Crippen LogP contribution in [0.2, 0.25) is 0 Å². The molecule has 0 heterocycles. The molecule has 2 saturated carbocycles. The van der Waals surface area contributed by atoms with Gasteiger partial charge in [0.2, 0.25) is 5.91 Å². The van der Waals surface area contributed by atoms with Crippen molar-refractivity contribution in [2.45, 2.75) is 51.7 Å². The number of benzene rings is 1. The Balaban J connectivity index is 0.00000261. The van der Waals surface area contributed by atoms with Gasteiger partial charge in [0.1, 0.15) is 0 Å². The van der Waals surface area contributed by atoms with Gasteiger partial charge in [-0.25, -0.2) is 0 Å². The summed E-state index contributed by atoms with van der Waals surface area (Å²) in [6.07, 6.45) is 5.49. The highest BCUT2D eigenvalue weighted by Gasteiger charge is 2.40. The number of anilines is 1. The fraction of sp³-hybridized carbons (Fsp3) is 0.667. The van der Waals surface area contributed by atoms with E-state index in [1.807, 2.05) is 31.2 Å². The molecule has 0 saturated heterocycles. The van der Waals surface area contributed by atoms with E-state index < -0.39 is 0 Å². The van der Waals surface area contributed by atoms with Crippen molar-refractivity contribution in [1.29, 1.82) is 0 Å². The lowest BCUT2D eigenvalue weighted by molar-refractivity contribution is -0.122. The number of hydrogen-bond acceptors (Lipinski definition) is 4. The minimum absolute atomic E-state index is 0. The van der Waals surface area contributed by atoms with Gasteiger partial charge < -0.3 is 20.5 Å². The predicted octanol–water partition coefficient (Wildman–Crippen LogP) is 3.75. The highest BCUT2D eigenvalue weighted by molar-refractivity contribution is 5.92. The second kappa shape index (κ2) is 11.0. The van der Waals surface area contributed by atoms with Crippen molar-refractivity contribution in [3.05, 3.63) is 29.8 Å². The normalized spacial score (nSPS) is 26.9. The molecular formula is C21H33ClN2O3. The van der Waals surface area contributed by atoms with E-state index in [9.17, 15) is 4.79 Å². The van der Waals surface area contributed by atoms with Crippen molar-refractivity contribution < 1.29 is 14.3 Å². The molecule has 27 heavy (non-hydrogen) atoms. The molecular weight excluding hydrogens is 364 g/mol. The molecule has 6 heteroatoms. The molecule has 1 aromatic carbocycles. The average Bonchev–Trinajstić information content (AvgIpc) is 2.61. The SMILES string of the molecule is CCOCCOCc1cccc(NC(=O)C2CC3CCCC(C2)C3N)c1.Cl. The van der Waals surface area contributed by atoms with E-state index in [0.717, 1.165) is 24.1 Å². The molecule has 1 amide bonds. The monoisotopic (exact) mass is 396 g/mol. The Labute approximate surface area is 168 Å². The van der Waals surface area contributed by atoms with Gasteiger partial charge in [-0.15, -0.1) is 12.4 Å². The van der Waals surface area contributed by atoms with Crippen molar-refractivity contribution in [1.82, 2.24) is 0 Å². The Morgan fingerprint density at radius 3 is 2.59 bits per heavy atom. The zero-order valence-corrected chi connectivity index (χ0v) is 17.0. The third-order valence-corrected chi connectivity index (χ3v) is 5.82. The number of fused-ring (bicyclic) bond motifs is 2. The standard InChI is InChI=1S/C21H32N2O3.ClH/c1-2-25-9-10-26-14-15-5-3-8-19(11-15)23-21(24)18-12-16-6-4-7-17(13-18)20(16)22;/h3,5,8,11,16-18,20H,2,4,6-7,9-10,12-14,22H2,1H3,(H,23,24);1H. The lowest BCUT2D eigenvalue weighted by Crippen LogP contribution is -2.48. The summed E-state index contributed by atoms with van der Waals surface area (Å²) in [7, 11) is 0. The van der Waals surface area contributed by atoms with Gasteiger partial charge in [0.25, 0.3) is 0 Å². The number of nitrogens with one attached hydrogen (secondary N) is 1. The number of carbonyl (C=O) groups is 1. The Kier molecular flexibility index (Phi) is 9.03. The van der Waals surface area contributed by atoms with Crippen LogP contribution >= 0.6 is 12.4 Å². The van der Waals surface area contributed by atoms with Gasteiger partial charge in [-0.3, -0.25) is 4.79 Å². The Bertz CT molecular complexity index is 585. The van der Waals surface area contributed by atoms with E-state index >= 15 is 0 Å². The largest absolute Gasteiger partial charge is 0.379 e. The highest BCUT2D eigenvalue weighted by Crippen LogP contribution is 2.42. The number of nitrogens with two attached hydrogens (primary N) is 1. The zero-order chi connectivity index (χ0) is 18.4. The molecule has 152 valence electrons. The van der Waals surface area contributed by atoms with E-state index in [-0.39, 0.29) is 24.2 Å². The molecule has 3 rings (SSSR count). The van der Waals surface area contributed by atoms with Crippen LogP contribution in [0.4, 0.5) is 5.69 Å². The maximum absolute atomic E-state index is 12.7. The number of amides is 1. The topological polar surface area (TPSA) is 73.6 Å². The van der Waals surface area contributed by atoms with Crippen molar-refractivity contribution in [3.63, 3.8) is 0 Å². The van der Waals surface area contributed by atoms with Crippen LogP contribution in [0.25, 0.3) is 0 Å². The minimum atomic E-state index is 0. The van der Waals surface area contributed by atoms with Crippen molar-refractivity contribution in [2.24, 2.45) is 23.5 Å². The molecule has 2 atom stereocenters. The van der Waals surface area contributed by atoms with E-state index in [1.165, 1.54) is 19.3 Å². The Morgan fingerprint density at radius 1 is 1.19 bits per heavy atom. The molecule has 2 unspecified atom stereocenters. The molecule has 2 aliphatic carbocycles. The smallest absolute Gasteiger partial charge is 0.227 e. The second-order valence-corrected chi connectivity index (χ2v) is 7.64. The third kappa shape index (κ3) is 6.18. The van der Waals surface area contributed by atoms with Crippen LogP contribution in [-0.2, 0) is 20.9 Å². The van der Waals surface area contributed by atoms with Gasteiger partial charge in [0, 0.05) is 24.3 Å². The fourth-order valence-corrected chi connectivity index (χ4v) is 4.44. The van der Waals surface area contributed by atoms with Gasteiger partial charge in [0.15, 0.2) is 0 Å². The molecule has 2 bridgehead atoms. The number of rotatable bonds is 8. The maximum Gasteiger partial charge on any atom is 0.227 e. The van der Waals surface area contributed by atoms with E-state index in [0.29, 0.717) is 44.3 Å². The van der Waals surface area contributed by atoms with Gasteiger partial charge >= 0.3 is 0 Å². The van der Waals surface area contributed by atoms with Crippen molar-refractivity contribution >= 4 is 24.0 Å². The van der Waals surface area contributed by atoms with Crippen molar-refractivity contribution in [2.75, 3.05) is 25.1 Å². The summed E-state index contributed by atoms with van der Waals surface area (Å²) in [4.78, 5) is 12.7. The molecule has 2 aliphatic rings. The summed E-state index contributed by atoms with van der Waals surface area (Å²) in [5.74, 6) is 1.27. The molecule has 0 aromatic heterocycles. The number of halogens is 1. The molecule has 0 aliphatic heterocycles. The molecule has 3 N–H and O–H groups in total. The zero-order valence-electron chi connectivity index (χ0n) is 16.2. The summed E-state index contributed by atoms with van der Waals surface area (Å²) in [5.41, 5.74) is 8.25. The quantitative estimate of drug-likeness (QED) is 0.656. The molecule has 0 spiro atoms. The van der Waals surface area contributed by atoms with Crippen LogP contribution in [0.5, 0.6) is 0 Å². The first kappa shape index (κ1) is 22.2. The van der Waals surface area contributed by atoms with E-state index in [2.05, 4.69) is 5.32 Å². The summed E-state index contributed by atoms with van der Waals surface area (Å²) in [5, 5.41) is 3.11. The first-order valence-electron chi connectivity index (χ1n) is 9.98. The Morgan fingerprint density at radius 2 is 1.89 bits per heavy atom. The van der Waals surface area contributed by atoms with Crippen LogP contribution in [-0.4, -0.2) is 31.8 Å². The van der Waals surface area contributed by atoms with E-state index in [4.69, 9.17) is 15.2 Å².